The van der Waals surface area contributed by atoms with Crippen LogP contribution in [0, 0.1) is 6.92 Å². The van der Waals surface area contributed by atoms with Crippen molar-refractivity contribution in [2.45, 2.75) is 71.8 Å². The van der Waals surface area contributed by atoms with Gasteiger partial charge in [-0.1, -0.05) is 39.5 Å². The number of aromatic nitrogens is 1. The number of amides is 2. The highest BCUT2D eigenvalue weighted by molar-refractivity contribution is 6.37. The number of aryl methyl sites for hydroxylation is 2. The standard InChI is InChI=1S/C17H27N3O4/c1-4-6-8-10-13-15(24-11(3)19-13)17(23)20-12(9-7-5-2)14(21)16(18)22/h12H,4-10H2,1-3H3,(H2,18,22)(H,20,23)/t12-/m0/s1. The van der Waals surface area contributed by atoms with Gasteiger partial charge < -0.3 is 15.5 Å². The molecule has 0 aliphatic rings. The van der Waals surface area contributed by atoms with E-state index in [-0.39, 0.29) is 5.76 Å². The average Bonchev–Trinajstić information content (AvgIpc) is 2.91. The zero-order chi connectivity index (χ0) is 18.1. The molecule has 1 heterocycles. The SMILES string of the molecule is CCCCCc1nc(C)oc1C(=O)N[C@@H](CCCC)C(=O)C(N)=O. The molecule has 1 aromatic heterocycles. The quantitative estimate of drug-likeness (QED) is 0.473. The van der Waals surface area contributed by atoms with Gasteiger partial charge in [-0.15, -0.1) is 0 Å². The number of hydrogen-bond donors (Lipinski definition) is 2. The largest absolute Gasteiger partial charge is 0.436 e. The molecule has 3 N–H and O–H groups in total. The monoisotopic (exact) mass is 337 g/mol. The third-order valence-electron chi connectivity index (χ3n) is 3.74. The smallest absolute Gasteiger partial charge is 0.289 e. The number of carbonyl (C=O) groups is 3. The van der Waals surface area contributed by atoms with Gasteiger partial charge in [-0.2, -0.15) is 0 Å². The molecular formula is C17H27N3O4. The summed E-state index contributed by atoms with van der Waals surface area (Å²) in [7, 11) is 0. The summed E-state index contributed by atoms with van der Waals surface area (Å²) in [5.41, 5.74) is 5.65. The first kappa shape index (κ1) is 19.9. The minimum atomic E-state index is -1.05. The third kappa shape index (κ3) is 5.79. The molecule has 7 heteroatoms. The van der Waals surface area contributed by atoms with Crippen molar-refractivity contribution in [1.29, 1.82) is 0 Å². The Morgan fingerprint density at radius 1 is 1.17 bits per heavy atom. The lowest BCUT2D eigenvalue weighted by Crippen LogP contribution is -2.46. The average molecular weight is 337 g/mol. The van der Waals surface area contributed by atoms with Gasteiger partial charge in [-0.05, 0) is 19.3 Å². The number of ketones is 1. The van der Waals surface area contributed by atoms with Crippen LogP contribution in [0.1, 0.15) is 74.5 Å². The van der Waals surface area contributed by atoms with Crippen LogP contribution in [0.5, 0.6) is 0 Å². The van der Waals surface area contributed by atoms with Gasteiger partial charge in [-0.3, -0.25) is 14.4 Å². The third-order valence-corrected chi connectivity index (χ3v) is 3.74. The summed E-state index contributed by atoms with van der Waals surface area (Å²) < 4.78 is 5.40. The molecule has 7 nitrogen and oxygen atoms in total. The van der Waals surface area contributed by atoms with E-state index in [9.17, 15) is 14.4 Å². The van der Waals surface area contributed by atoms with E-state index < -0.39 is 23.6 Å². The van der Waals surface area contributed by atoms with Crippen molar-refractivity contribution >= 4 is 17.6 Å². The first-order valence-corrected chi connectivity index (χ1v) is 8.51. The number of carbonyl (C=O) groups excluding carboxylic acids is 3. The van der Waals surface area contributed by atoms with Crippen molar-refractivity contribution in [1.82, 2.24) is 10.3 Å². The zero-order valence-electron chi connectivity index (χ0n) is 14.7. The molecule has 0 aliphatic heterocycles. The molecular weight excluding hydrogens is 310 g/mol. The van der Waals surface area contributed by atoms with Crippen LogP contribution in [0.2, 0.25) is 0 Å². The number of Topliss-reactive ketones (excluding diaryl/α,β-unsaturated/α-hetero) is 1. The van der Waals surface area contributed by atoms with Crippen LogP contribution in [0.25, 0.3) is 0 Å². The minimum Gasteiger partial charge on any atom is -0.436 e. The van der Waals surface area contributed by atoms with Gasteiger partial charge in [0.15, 0.2) is 5.89 Å². The predicted octanol–water partition coefficient (Wildman–Crippen LogP) is 2.06. The Morgan fingerprint density at radius 3 is 2.42 bits per heavy atom. The van der Waals surface area contributed by atoms with Crippen LogP contribution in [-0.4, -0.2) is 28.6 Å². The number of oxazole rings is 1. The van der Waals surface area contributed by atoms with Gasteiger partial charge in [0.05, 0.1) is 11.7 Å². The number of hydrogen-bond acceptors (Lipinski definition) is 5. The number of nitrogens with zero attached hydrogens (tertiary/aromatic N) is 1. The van der Waals surface area contributed by atoms with Gasteiger partial charge in [0.2, 0.25) is 11.5 Å². The molecule has 0 aromatic carbocycles. The van der Waals surface area contributed by atoms with Crippen LogP contribution in [0.3, 0.4) is 0 Å². The lowest BCUT2D eigenvalue weighted by Gasteiger charge is -2.15. The Bertz CT molecular complexity index is 580. The van der Waals surface area contributed by atoms with Crippen molar-refractivity contribution in [3.05, 3.63) is 17.3 Å². The fourth-order valence-corrected chi connectivity index (χ4v) is 2.43. The van der Waals surface area contributed by atoms with Crippen LogP contribution >= 0.6 is 0 Å². The summed E-state index contributed by atoms with van der Waals surface area (Å²) in [6, 6.07) is -0.927. The molecule has 1 aromatic rings. The Hall–Kier alpha value is -2.18. The van der Waals surface area contributed by atoms with E-state index in [1.54, 1.807) is 6.92 Å². The van der Waals surface area contributed by atoms with Gasteiger partial charge in [0.1, 0.15) is 0 Å². The maximum Gasteiger partial charge on any atom is 0.289 e. The molecule has 0 saturated carbocycles. The summed E-state index contributed by atoms with van der Waals surface area (Å²) >= 11 is 0. The molecule has 0 bridgehead atoms. The summed E-state index contributed by atoms with van der Waals surface area (Å²) in [5, 5.41) is 2.57. The second kappa shape index (κ2) is 9.85. The molecule has 24 heavy (non-hydrogen) atoms. The number of unbranched alkanes of at least 4 members (excludes halogenated alkanes) is 3. The summed E-state index contributed by atoms with van der Waals surface area (Å²) in [5.74, 6) is -1.85. The van der Waals surface area contributed by atoms with E-state index in [1.807, 2.05) is 6.92 Å². The summed E-state index contributed by atoms with van der Waals surface area (Å²) in [4.78, 5) is 39.7. The van der Waals surface area contributed by atoms with Gasteiger partial charge >= 0.3 is 0 Å². The molecule has 0 spiro atoms. The van der Waals surface area contributed by atoms with Crippen LogP contribution < -0.4 is 11.1 Å². The topological polar surface area (TPSA) is 115 Å². The maximum absolute atomic E-state index is 12.5. The number of rotatable bonds is 11. The van der Waals surface area contributed by atoms with E-state index in [2.05, 4.69) is 17.2 Å². The van der Waals surface area contributed by atoms with Crippen LogP contribution in [0.15, 0.2) is 4.42 Å². The number of primary amides is 1. The second-order valence-corrected chi connectivity index (χ2v) is 5.86. The number of nitrogens with two attached hydrogens (primary N) is 1. The van der Waals surface area contributed by atoms with Crippen molar-refractivity contribution in [2.75, 3.05) is 0 Å². The molecule has 134 valence electrons. The van der Waals surface area contributed by atoms with Crippen LogP contribution in [-0.2, 0) is 16.0 Å². The number of nitrogens with one attached hydrogen (secondary N) is 1. The van der Waals surface area contributed by atoms with E-state index >= 15 is 0 Å². The maximum atomic E-state index is 12.5. The first-order chi connectivity index (χ1) is 11.4. The molecule has 0 radical (unpaired) electrons. The minimum absolute atomic E-state index is 0.113. The van der Waals surface area contributed by atoms with Crippen LogP contribution in [0.4, 0.5) is 0 Å². The first-order valence-electron chi connectivity index (χ1n) is 8.51. The highest BCUT2D eigenvalue weighted by Crippen LogP contribution is 2.15. The van der Waals surface area contributed by atoms with Crippen molar-refractivity contribution in [3.63, 3.8) is 0 Å². The van der Waals surface area contributed by atoms with Gasteiger partial charge in [-0.25, -0.2) is 4.98 Å². The molecule has 1 rings (SSSR count). The molecule has 0 aliphatic carbocycles. The summed E-state index contributed by atoms with van der Waals surface area (Å²) in [6.07, 6.45) is 5.53. The van der Waals surface area contributed by atoms with Crippen molar-refractivity contribution in [2.24, 2.45) is 5.73 Å². The lowest BCUT2D eigenvalue weighted by molar-refractivity contribution is -0.137. The predicted molar refractivity (Wildman–Crippen MR) is 89.4 cm³/mol. The molecule has 2 amide bonds. The van der Waals surface area contributed by atoms with Gasteiger partial charge in [0.25, 0.3) is 11.8 Å². The van der Waals surface area contributed by atoms with E-state index in [1.165, 1.54) is 0 Å². The highest BCUT2D eigenvalue weighted by Gasteiger charge is 2.27. The summed E-state index contributed by atoms with van der Waals surface area (Å²) in [6.45, 7) is 5.72. The fraction of sp³-hybridized carbons (Fsp3) is 0.647. The fourth-order valence-electron chi connectivity index (χ4n) is 2.43. The van der Waals surface area contributed by atoms with Crippen molar-refractivity contribution < 1.29 is 18.8 Å². The molecule has 0 saturated heterocycles. The Kier molecular flexibility index (Phi) is 8.15. The Labute approximate surface area is 142 Å². The Balaban J connectivity index is 2.86. The Morgan fingerprint density at radius 2 is 1.83 bits per heavy atom. The molecule has 0 fully saturated rings. The second-order valence-electron chi connectivity index (χ2n) is 5.86. The zero-order valence-corrected chi connectivity index (χ0v) is 14.7. The lowest BCUT2D eigenvalue weighted by atomic mass is 10.0. The van der Waals surface area contributed by atoms with E-state index in [4.69, 9.17) is 10.2 Å². The van der Waals surface area contributed by atoms with E-state index in [0.717, 1.165) is 25.7 Å². The van der Waals surface area contributed by atoms with Gasteiger partial charge in [0, 0.05) is 6.92 Å². The molecule has 0 unspecified atom stereocenters. The van der Waals surface area contributed by atoms with Crippen molar-refractivity contribution in [3.8, 4) is 0 Å². The normalized spacial score (nSPS) is 12.0. The highest BCUT2D eigenvalue weighted by atomic mass is 16.4. The van der Waals surface area contributed by atoms with E-state index in [0.29, 0.717) is 30.8 Å². The molecule has 1 atom stereocenters.